The summed E-state index contributed by atoms with van der Waals surface area (Å²) >= 11 is 0. The molecule has 0 saturated carbocycles. The predicted molar refractivity (Wildman–Crippen MR) is 156 cm³/mol. The van der Waals surface area contributed by atoms with Gasteiger partial charge in [0.15, 0.2) is 0 Å². The Hall–Kier alpha value is -1.79. The first-order valence-electron chi connectivity index (χ1n) is 13.8. The second kappa shape index (κ2) is 23.9. The molecule has 0 radical (unpaired) electrons. The molecule has 0 saturated heterocycles. The number of hydrogen-bond donors (Lipinski definition) is 3. The molecule has 0 aliphatic carbocycles. The molecule has 1 aromatic rings. The Morgan fingerprint density at radius 2 is 1.20 bits per heavy atom. The topological polar surface area (TPSA) is 100 Å². The van der Waals surface area contributed by atoms with Gasteiger partial charge in [-0.1, -0.05) is 121 Å². The molecular weight excluding hydrogens is 458 g/mol. The molecule has 0 aliphatic heterocycles. The second-order valence-electron chi connectivity index (χ2n) is 9.22. The summed E-state index contributed by atoms with van der Waals surface area (Å²) in [6, 6.07) is 10.0. The number of nitrogens with two attached hydrogens (primary N) is 2. The summed E-state index contributed by atoms with van der Waals surface area (Å²) in [5, 5.41) is 8.89. The van der Waals surface area contributed by atoms with Crippen LogP contribution in [0.15, 0.2) is 40.3 Å². The van der Waals surface area contributed by atoms with Crippen LogP contribution in [0.3, 0.4) is 0 Å². The number of anilines is 1. The van der Waals surface area contributed by atoms with E-state index in [-0.39, 0.29) is 31.5 Å². The number of guanidine groups is 2. The smallest absolute Gasteiger partial charge is 0.218 e. The lowest BCUT2D eigenvalue weighted by Crippen LogP contribution is -2.39. The van der Waals surface area contributed by atoms with Crippen molar-refractivity contribution in [2.75, 3.05) is 24.6 Å². The van der Waals surface area contributed by atoms with Gasteiger partial charge in [0.1, 0.15) is 0 Å². The molecule has 5 N–H and O–H groups in total. The number of para-hydroxylation sites is 1. The molecule has 0 fully saturated rings. The van der Waals surface area contributed by atoms with Gasteiger partial charge in [-0.3, -0.25) is 0 Å². The number of rotatable bonds is 20. The van der Waals surface area contributed by atoms with Crippen LogP contribution in [0.1, 0.15) is 110 Å². The normalized spacial score (nSPS) is 11.9. The SMILES string of the molecule is CCCCCCCCCCCCCCCCCCN(C(N)=NC(N)=NCCO)c1ccccc1.Cl. The van der Waals surface area contributed by atoms with Crippen molar-refractivity contribution in [3.8, 4) is 0 Å². The maximum Gasteiger partial charge on any atom is 0.218 e. The molecule has 0 heterocycles. The molecule has 1 aromatic carbocycles. The van der Waals surface area contributed by atoms with Gasteiger partial charge in [0, 0.05) is 12.2 Å². The zero-order valence-corrected chi connectivity index (χ0v) is 23.0. The molecule has 202 valence electrons. The number of aliphatic imine (C=N–C) groups is 2. The quantitative estimate of drug-likeness (QED) is 0.102. The van der Waals surface area contributed by atoms with Crippen LogP contribution < -0.4 is 16.4 Å². The molecular formula is C28H52ClN5O. The van der Waals surface area contributed by atoms with Crippen molar-refractivity contribution in [2.24, 2.45) is 21.5 Å². The van der Waals surface area contributed by atoms with Crippen LogP contribution in [0.5, 0.6) is 0 Å². The summed E-state index contributed by atoms with van der Waals surface area (Å²) in [5.41, 5.74) is 13.1. The number of halogens is 1. The number of benzene rings is 1. The molecule has 35 heavy (non-hydrogen) atoms. The Labute approximate surface area is 221 Å². The van der Waals surface area contributed by atoms with Crippen molar-refractivity contribution < 1.29 is 5.11 Å². The minimum Gasteiger partial charge on any atom is -0.394 e. The van der Waals surface area contributed by atoms with Gasteiger partial charge in [-0.05, 0) is 18.6 Å². The summed E-state index contributed by atoms with van der Waals surface area (Å²) in [5.74, 6) is 0.436. The summed E-state index contributed by atoms with van der Waals surface area (Å²) in [4.78, 5) is 10.2. The van der Waals surface area contributed by atoms with E-state index in [9.17, 15) is 0 Å². The highest BCUT2D eigenvalue weighted by molar-refractivity contribution is 6.02. The van der Waals surface area contributed by atoms with Gasteiger partial charge in [0.25, 0.3) is 0 Å². The minimum atomic E-state index is -0.0578. The molecule has 0 bridgehead atoms. The third-order valence-electron chi connectivity index (χ3n) is 6.18. The van der Waals surface area contributed by atoms with Gasteiger partial charge >= 0.3 is 0 Å². The van der Waals surface area contributed by atoms with E-state index >= 15 is 0 Å². The van der Waals surface area contributed by atoms with Crippen molar-refractivity contribution in [3.05, 3.63) is 30.3 Å². The Bertz CT molecular complexity index is 654. The zero-order valence-electron chi connectivity index (χ0n) is 22.2. The van der Waals surface area contributed by atoms with E-state index in [1.165, 1.54) is 96.3 Å². The van der Waals surface area contributed by atoms with Gasteiger partial charge in [0.05, 0.1) is 13.2 Å². The molecule has 6 nitrogen and oxygen atoms in total. The minimum absolute atomic E-state index is 0. The number of hydrogen-bond acceptors (Lipinski definition) is 2. The molecule has 0 amide bonds. The highest BCUT2D eigenvalue weighted by Crippen LogP contribution is 2.16. The Kier molecular flexibility index (Phi) is 22.7. The van der Waals surface area contributed by atoms with Gasteiger partial charge in [0.2, 0.25) is 11.9 Å². The fourth-order valence-electron chi connectivity index (χ4n) is 4.18. The summed E-state index contributed by atoms with van der Waals surface area (Å²) in [6.45, 7) is 3.25. The number of nitrogens with zero attached hydrogens (tertiary/aromatic N) is 3. The highest BCUT2D eigenvalue weighted by atomic mass is 35.5. The Balaban J connectivity index is 0.0000116. The van der Waals surface area contributed by atoms with Gasteiger partial charge in [-0.2, -0.15) is 4.99 Å². The molecule has 0 unspecified atom stereocenters. The fourth-order valence-corrected chi connectivity index (χ4v) is 4.18. The average molecular weight is 510 g/mol. The molecule has 0 spiro atoms. The summed E-state index contributed by atoms with van der Waals surface area (Å²) < 4.78 is 0. The largest absolute Gasteiger partial charge is 0.394 e. The van der Waals surface area contributed by atoms with E-state index in [1.54, 1.807) is 0 Å². The third kappa shape index (κ3) is 18.2. The first-order valence-corrected chi connectivity index (χ1v) is 13.8. The van der Waals surface area contributed by atoms with Crippen LogP contribution in [0, 0.1) is 0 Å². The van der Waals surface area contributed by atoms with E-state index in [0.29, 0.717) is 5.96 Å². The standard InChI is InChI=1S/C28H51N5O.ClH/c1-2-3-4-5-6-7-8-9-10-11-12-13-14-15-16-20-24-33(26-21-18-17-19-22-26)28(30)32-27(29)31-23-25-34;/h17-19,21-22,34H,2-16,20,23-25H2,1H3,(H4,29,30,31,32);1H. The van der Waals surface area contributed by atoms with Gasteiger partial charge in [-0.25, -0.2) is 4.99 Å². The summed E-state index contributed by atoms with van der Waals surface area (Å²) in [6.07, 6.45) is 21.7. The maximum atomic E-state index is 8.89. The van der Waals surface area contributed by atoms with E-state index < -0.39 is 0 Å². The lowest BCUT2D eigenvalue weighted by Gasteiger charge is -2.23. The average Bonchev–Trinajstić information content (AvgIpc) is 2.85. The molecule has 7 heteroatoms. The van der Waals surface area contributed by atoms with Crippen molar-refractivity contribution in [2.45, 2.75) is 110 Å². The number of aliphatic hydroxyl groups is 1. The van der Waals surface area contributed by atoms with E-state index in [0.717, 1.165) is 18.7 Å². The number of unbranched alkanes of at least 4 members (excludes halogenated alkanes) is 15. The van der Waals surface area contributed by atoms with E-state index in [2.05, 4.69) is 16.9 Å². The van der Waals surface area contributed by atoms with Crippen molar-refractivity contribution in [3.63, 3.8) is 0 Å². The first kappa shape index (κ1) is 33.2. The number of aliphatic hydroxyl groups excluding tert-OH is 1. The molecule has 0 aliphatic rings. The Morgan fingerprint density at radius 1 is 0.743 bits per heavy atom. The first-order chi connectivity index (χ1) is 16.7. The van der Waals surface area contributed by atoms with E-state index in [4.69, 9.17) is 16.6 Å². The second-order valence-corrected chi connectivity index (χ2v) is 9.22. The van der Waals surface area contributed by atoms with Crippen molar-refractivity contribution in [1.82, 2.24) is 0 Å². The van der Waals surface area contributed by atoms with Crippen molar-refractivity contribution in [1.29, 1.82) is 0 Å². The lowest BCUT2D eigenvalue weighted by molar-refractivity contribution is 0.307. The van der Waals surface area contributed by atoms with Gasteiger partial charge in [-0.15, -0.1) is 12.4 Å². The lowest BCUT2D eigenvalue weighted by atomic mass is 10.0. The molecule has 1 rings (SSSR count). The van der Waals surface area contributed by atoms with Crippen molar-refractivity contribution >= 4 is 30.0 Å². The Morgan fingerprint density at radius 3 is 1.66 bits per heavy atom. The van der Waals surface area contributed by atoms with Gasteiger partial charge < -0.3 is 21.5 Å². The fraction of sp³-hybridized carbons (Fsp3) is 0.714. The van der Waals surface area contributed by atoms with E-state index in [1.807, 2.05) is 35.2 Å². The maximum absolute atomic E-state index is 8.89. The monoisotopic (exact) mass is 509 g/mol. The molecule has 0 aromatic heterocycles. The van der Waals surface area contributed by atoms with Crippen LogP contribution >= 0.6 is 12.4 Å². The van der Waals surface area contributed by atoms with Crippen LogP contribution in [-0.4, -0.2) is 36.7 Å². The van der Waals surface area contributed by atoms with Crippen LogP contribution in [0.2, 0.25) is 0 Å². The summed E-state index contributed by atoms with van der Waals surface area (Å²) in [7, 11) is 0. The predicted octanol–water partition coefficient (Wildman–Crippen LogP) is 6.80. The van der Waals surface area contributed by atoms with Crippen LogP contribution in [-0.2, 0) is 0 Å². The highest BCUT2D eigenvalue weighted by Gasteiger charge is 2.11. The van der Waals surface area contributed by atoms with Crippen LogP contribution in [0.4, 0.5) is 5.69 Å². The third-order valence-corrected chi connectivity index (χ3v) is 6.18. The van der Waals surface area contributed by atoms with Crippen LogP contribution in [0.25, 0.3) is 0 Å². The molecule has 0 atom stereocenters. The zero-order chi connectivity index (χ0) is 24.7.